The van der Waals surface area contributed by atoms with Crippen molar-refractivity contribution in [1.29, 1.82) is 0 Å². The molecule has 2 atom stereocenters. The van der Waals surface area contributed by atoms with Crippen molar-refractivity contribution in [2.75, 3.05) is 0 Å². The molecule has 0 unspecified atom stereocenters. The molecule has 0 spiro atoms. The van der Waals surface area contributed by atoms with E-state index in [4.69, 9.17) is 0 Å². The van der Waals surface area contributed by atoms with Gasteiger partial charge in [0.2, 0.25) is 0 Å². The van der Waals surface area contributed by atoms with Crippen LogP contribution in [0.4, 0.5) is 0 Å². The van der Waals surface area contributed by atoms with E-state index in [0.29, 0.717) is 5.56 Å². The van der Waals surface area contributed by atoms with Crippen LogP contribution >= 0.6 is 0 Å². The lowest BCUT2D eigenvalue weighted by molar-refractivity contribution is 0.0953. The minimum atomic E-state index is -0.0913. The van der Waals surface area contributed by atoms with Gasteiger partial charge in [-0.3, -0.25) is 4.79 Å². The zero-order valence-corrected chi connectivity index (χ0v) is 12.8. The van der Waals surface area contributed by atoms with E-state index in [0.717, 1.165) is 30.2 Å². The van der Waals surface area contributed by atoms with Crippen molar-refractivity contribution < 1.29 is 4.79 Å². The molecule has 1 amide bonds. The summed E-state index contributed by atoms with van der Waals surface area (Å²) >= 11 is 0. The maximum absolute atomic E-state index is 12.2. The lowest BCUT2D eigenvalue weighted by Gasteiger charge is -2.35. The van der Waals surface area contributed by atoms with Crippen LogP contribution in [0.2, 0.25) is 0 Å². The number of hydrogen-bond donors (Lipinski definition) is 1. The van der Waals surface area contributed by atoms with Gasteiger partial charge in [-0.05, 0) is 56.1 Å². The zero-order valence-electron chi connectivity index (χ0n) is 12.8. The van der Waals surface area contributed by atoms with Crippen molar-refractivity contribution in [1.82, 2.24) is 5.43 Å². The molecule has 112 valence electrons. The van der Waals surface area contributed by atoms with E-state index in [1.807, 2.05) is 31.2 Å². The number of aryl methyl sites for hydroxylation is 1. The smallest absolute Gasteiger partial charge is 0.267 e. The van der Waals surface area contributed by atoms with Gasteiger partial charge in [0.15, 0.2) is 0 Å². The number of nitrogens with zero attached hydrogens (tertiary/aromatic N) is 1. The molecule has 21 heavy (non-hydrogen) atoms. The van der Waals surface area contributed by atoms with Crippen LogP contribution in [0.1, 0.15) is 60.9 Å². The molecule has 0 heterocycles. The SMILES string of the molecule is Cc1ccccc1C(=O)N/N=C1/CC[C@H]2CCCC[C@H]2C1. The summed E-state index contributed by atoms with van der Waals surface area (Å²) in [5.74, 6) is 1.62. The first kappa shape index (κ1) is 14.3. The van der Waals surface area contributed by atoms with Gasteiger partial charge >= 0.3 is 0 Å². The van der Waals surface area contributed by atoms with E-state index in [-0.39, 0.29) is 5.91 Å². The minimum Gasteiger partial charge on any atom is -0.267 e. The number of hydrogen-bond acceptors (Lipinski definition) is 2. The lowest BCUT2D eigenvalue weighted by Crippen LogP contribution is -2.29. The van der Waals surface area contributed by atoms with Crippen LogP contribution in [0, 0.1) is 18.8 Å². The number of amides is 1. The van der Waals surface area contributed by atoms with E-state index in [2.05, 4.69) is 10.5 Å². The summed E-state index contributed by atoms with van der Waals surface area (Å²) in [6.45, 7) is 1.95. The van der Waals surface area contributed by atoms with Crippen molar-refractivity contribution in [3.8, 4) is 0 Å². The fraction of sp³-hybridized carbons (Fsp3) is 0.556. The number of benzene rings is 1. The molecule has 0 bridgehead atoms. The number of fused-ring (bicyclic) bond motifs is 1. The molecule has 1 aromatic rings. The van der Waals surface area contributed by atoms with Crippen LogP contribution in [0.3, 0.4) is 0 Å². The highest BCUT2D eigenvalue weighted by atomic mass is 16.2. The van der Waals surface area contributed by atoms with Gasteiger partial charge in [0, 0.05) is 11.3 Å². The molecule has 2 aliphatic rings. The fourth-order valence-electron chi connectivity index (χ4n) is 3.81. The number of carbonyl (C=O) groups is 1. The summed E-state index contributed by atoms with van der Waals surface area (Å²) in [5.41, 5.74) is 5.64. The van der Waals surface area contributed by atoms with Gasteiger partial charge in [-0.15, -0.1) is 0 Å². The fourth-order valence-corrected chi connectivity index (χ4v) is 3.81. The molecule has 0 aliphatic heterocycles. The van der Waals surface area contributed by atoms with Crippen LogP contribution in [-0.2, 0) is 0 Å². The van der Waals surface area contributed by atoms with Crippen LogP contribution < -0.4 is 5.43 Å². The third-order valence-corrected chi connectivity index (χ3v) is 5.07. The average Bonchev–Trinajstić information content (AvgIpc) is 2.53. The molecule has 2 fully saturated rings. The third-order valence-electron chi connectivity index (χ3n) is 5.07. The lowest BCUT2D eigenvalue weighted by atomic mass is 9.70. The highest BCUT2D eigenvalue weighted by Gasteiger charge is 2.30. The molecule has 3 heteroatoms. The molecule has 3 nitrogen and oxygen atoms in total. The highest BCUT2D eigenvalue weighted by Crippen LogP contribution is 2.39. The summed E-state index contributed by atoms with van der Waals surface area (Å²) < 4.78 is 0. The van der Waals surface area contributed by atoms with Gasteiger partial charge in [-0.25, -0.2) is 5.43 Å². The van der Waals surface area contributed by atoms with E-state index in [1.165, 1.54) is 37.8 Å². The Balaban J connectivity index is 1.61. The largest absolute Gasteiger partial charge is 0.271 e. The Morgan fingerprint density at radius 3 is 2.71 bits per heavy atom. The summed E-state index contributed by atoms with van der Waals surface area (Å²) in [6, 6.07) is 7.64. The Morgan fingerprint density at radius 2 is 1.90 bits per heavy atom. The molecular weight excluding hydrogens is 260 g/mol. The molecule has 1 N–H and O–H groups in total. The average molecular weight is 284 g/mol. The predicted molar refractivity (Wildman–Crippen MR) is 85.4 cm³/mol. The van der Waals surface area contributed by atoms with Crippen LogP contribution in [0.5, 0.6) is 0 Å². The van der Waals surface area contributed by atoms with E-state index in [9.17, 15) is 4.79 Å². The van der Waals surface area contributed by atoms with Crippen molar-refractivity contribution in [2.24, 2.45) is 16.9 Å². The first-order valence-corrected chi connectivity index (χ1v) is 8.15. The zero-order chi connectivity index (χ0) is 14.7. The molecule has 3 rings (SSSR count). The third kappa shape index (κ3) is 3.34. The van der Waals surface area contributed by atoms with Crippen LogP contribution in [0.25, 0.3) is 0 Å². The minimum absolute atomic E-state index is 0.0913. The topological polar surface area (TPSA) is 41.5 Å². The molecule has 0 radical (unpaired) electrons. The molecule has 0 aromatic heterocycles. The number of carbonyl (C=O) groups excluding carboxylic acids is 1. The Morgan fingerprint density at radius 1 is 1.14 bits per heavy atom. The first-order valence-electron chi connectivity index (χ1n) is 8.15. The molecule has 2 saturated carbocycles. The van der Waals surface area contributed by atoms with Gasteiger partial charge in [-0.1, -0.05) is 37.5 Å². The van der Waals surface area contributed by atoms with E-state index < -0.39 is 0 Å². The normalized spacial score (nSPS) is 27.2. The maximum Gasteiger partial charge on any atom is 0.271 e. The highest BCUT2D eigenvalue weighted by molar-refractivity contribution is 5.96. The summed E-state index contributed by atoms with van der Waals surface area (Å²) in [6.07, 6.45) is 8.89. The summed E-state index contributed by atoms with van der Waals surface area (Å²) in [5, 5.41) is 4.41. The van der Waals surface area contributed by atoms with Crippen LogP contribution in [0.15, 0.2) is 29.4 Å². The monoisotopic (exact) mass is 284 g/mol. The van der Waals surface area contributed by atoms with E-state index in [1.54, 1.807) is 0 Å². The Labute approximate surface area is 126 Å². The van der Waals surface area contributed by atoms with Crippen LogP contribution in [-0.4, -0.2) is 11.6 Å². The van der Waals surface area contributed by atoms with Crippen molar-refractivity contribution in [2.45, 2.75) is 51.9 Å². The number of nitrogens with one attached hydrogen (secondary N) is 1. The van der Waals surface area contributed by atoms with E-state index >= 15 is 0 Å². The summed E-state index contributed by atoms with van der Waals surface area (Å²) in [7, 11) is 0. The van der Waals surface area contributed by atoms with Crippen molar-refractivity contribution in [3.63, 3.8) is 0 Å². The first-order chi connectivity index (χ1) is 10.2. The van der Waals surface area contributed by atoms with Gasteiger partial charge in [0.25, 0.3) is 5.91 Å². The number of hydrazone groups is 1. The maximum atomic E-state index is 12.2. The Hall–Kier alpha value is -1.64. The Bertz CT molecular complexity index is 550. The number of rotatable bonds is 2. The quantitative estimate of drug-likeness (QED) is 0.817. The Kier molecular flexibility index (Phi) is 4.37. The van der Waals surface area contributed by atoms with Crippen molar-refractivity contribution >= 4 is 11.6 Å². The summed E-state index contributed by atoms with van der Waals surface area (Å²) in [4.78, 5) is 12.2. The van der Waals surface area contributed by atoms with Gasteiger partial charge in [0.1, 0.15) is 0 Å². The molecule has 1 aromatic carbocycles. The second kappa shape index (κ2) is 6.42. The van der Waals surface area contributed by atoms with Gasteiger partial charge in [-0.2, -0.15) is 5.10 Å². The van der Waals surface area contributed by atoms with Gasteiger partial charge < -0.3 is 0 Å². The van der Waals surface area contributed by atoms with Gasteiger partial charge in [0.05, 0.1) is 0 Å². The second-order valence-electron chi connectivity index (χ2n) is 6.48. The molecular formula is C18H24N2O. The van der Waals surface area contributed by atoms with Crippen molar-refractivity contribution in [3.05, 3.63) is 35.4 Å². The standard InChI is InChI=1S/C18H24N2O/c1-13-6-2-5-9-17(13)18(21)20-19-16-11-10-14-7-3-4-8-15(14)12-16/h2,5-6,9,14-15H,3-4,7-8,10-12H2,1H3,(H,20,21)/b19-16-/t14-,15+/m1/s1. The predicted octanol–water partition coefficient (Wildman–Crippen LogP) is 4.07. The second-order valence-corrected chi connectivity index (χ2v) is 6.48. The molecule has 0 saturated heterocycles. The molecule has 2 aliphatic carbocycles.